The van der Waals surface area contributed by atoms with Crippen molar-refractivity contribution >= 4 is 46.1 Å². The molecule has 0 aliphatic carbocycles. The van der Waals surface area contributed by atoms with Crippen molar-refractivity contribution in [3.8, 4) is 5.75 Å². The van der Waals surface area contributed by atoms with Crippen molar-refractivity contribution in [3.05, 3.63) is 118 Å². The molecule has 4 aromatic carbocycles. The number of nitro groups is 1. The van der Waals surface area contributed by atoms with Crippen LogP contribution in [0.4, 0.5) is 20.6 Å². The average molecular weight is 541 g/mol. The number of hydrogen-bond donors (Lipinski definition) is 2. The Balaban J connectivity index is 1.39. The Bertz CT molecular complexity index is 1690. The first-order valence-corrected chi connectivity index (χ1v) is 12.1. The molecule has 11 heteroatoms. The molecule has 0 atom stereocenters. The maximum Gasteiger partial charge on any atom is 0.329 e. The van der Waals surface area contributed by atoms with Crippen LogP contribution in [0, 0.1) is 15.9 Å². The largest absolute Gasteiger partial charge is 0.488 e. The van der Waals surface area contributed by atoms with E-state index in [0.717, 1.165) is 15.7 Å². The van der Waals surface area contributed by atoms with Crippen molar-refractivity contribution in [2.24, 2.45) is 0 Å². The summed E-state index contributed by atoms with van der Waals surface area (Å²) < 4.78 is 19.9. The van der Waals surface area contributed by atoms with Crippen LogP contribution in [-0.2, 0) is 16.2 Å². The minimum atomic E-state index is -0.798. The number of carbonyl (C=O) groups is 3. The number of imide groups is 1. The number of carbonyl (C=O) groups excluding carboxylic acids is 3. The third-order valence-corrected chi connectivity index (χ3v) is 6.17. The zero-order valence-electron chi connectivity index (χ0n) is 20.8. The third-order valence-electron chi connectivity index (χ3n) is 6.17. The smallest absolute Gasteiger partial charge is 0.329 e. The summed E-state index contributed by atoms with van der Waals surface area (Å²) in [4.78, 5) is 49.3. The molecule has 0 aromatic heterocycles. The lowest BCUT2D eigenvalue weighted by atomic mass is 10.0. The van der Waals surface area contributed by atoms with E-state index in [1.807, 2.05) is 30.3 Å². The number of rotatable bonds is 8. The Hall–Kier alpha value is -5.58. The van der Waals surface area contributed by atoms with E-state index < -0.39 is 35.1 Å². The standard InChI is InChI=1S/C29H21FN4O6/c30-23-7-3-4-8-24(23)31-27(35)16-33-28(36)25(32-29(33)37)15-22-21-6-2-1-5-19(21)11-14-26(22)40-17-18-9-12-20(13-10-18)34(38)39/h1-15H,16-17H2,(H,31,35)(H,32,37)/b25-15+. The van der Waals surface area contributed by atoms with Crippen molar-refractivity contribution < 1.29 is 28.4 Å². The van der Waals surface area contributed by atoms with Crippen LogP contribution in [0.15, 0.2) is 90.6 Å². The Labute approximate surface area is 226 Å². The number of ether oxygens (including phenoxy) is 1. The predicted octanol–water partition coefficient (Wildman–Crippen LogP) is 5.00. The number of fused-ring (bicyclic) bond motifs is 1. The summed E-state index contributed by atoms with van der Waals surface area (Å²) in [5.41, 5.74) is 1.03. The number of nitrogens with one attached hydrogen (secondary N) is 2. The highest BCUT2D eigenvalue weighted by atomic mass is 19.1. The Kier molecular flexibility index (Phi) is 7.18. The van der Waals surface area contributed by atoms with Gasteiger partial charge in [-0.25, -0.2) is 14.1 Å². The minimum absolute atomic E-state index is 0.0393. The number of anilines is 1. The second-order valence-electron chi connectivity index (χ2n) is 8.82. The number of halogens is 1. The molecule has 4 amide bonds. The Morgan fingerprint density at radius 2 is 1.73 bits per heavy atom. The van der Waals surface area contributed by atoms with E-state index in [1.165, 1.54) is 36.4 Å². The van der Waals surface area contributed by atoms with Gasteiger partial charge in [-0.1, -0.05) is 42.5 Å². The average Bonchev–Trinajstić information content (AvgIpc) is 3.21. The molecule has 200 valence electrons. The van der Waals surface area contributed by atoms with E-state index in [0.29, 0.717) is 16.9 Å². The quantitative estimate of drug-likeness (QED) is 0.140. The molecule has 1 fully saturated rings. The number of amides is 4. The van der Waals surface area contributed by atoms with Crippen molar-refractivity contribution in [1.82, 2.24) is 10.2 Å². The van der Waals surface area contributed by atoms with Crippen molar-refractivity contribution in [1.29, 1.82) is 0 Å². The summed E-state index contributed by atoms with van der Waals surface area (Å²) in [6.45, 7) is -0.523. The van der Waals surface area contributed by atoms with Crippen LogP contribution in [0.25, 0.3) is 16.8 Å². The fourth-order valence-electron chi connectivity index (χ4n) is 4.18. The van der Waals surface area contributed by atoms with Crippen LogP contribution in [-0.4, -0.2) is 34.2 Å². The zero-order valence-corrected chi connectivity index (χ0v) is 20.8. The number of para-hydroxylation sites is 1. The van der Waals surface area contributed by atoms with Gasteiger partial charge in [0.25, 0.3) is 11.6 Å². The summed E-state index contributed by atoms with van der Waals surface area (Å²) in [6.07, 6.45) is 1.47. The molecule has 1 heterocycles. The van der Waals surface area contributed by atoms with Gasteiger partial charge in [-0.15, -0.1) is 0 Å². The first kappa shape index (κ1) is 26.0. The minimum Gasteiger partial charge on any atom is -0.488 e. The van der Waals surface area contributed by atoms with Crippen molar-refractivity contribution in [2.45, 2.75) is 6.61 Å². The van der Waals surface area contributed by atoms with E-state index in [2.05, 4.69) is 10.6 Å². The van der Waals surface area contributed by atoms with E-state index in [-0.39, 0.29) is 23.7 Å². The lowest BCUT2D eigenvalue weighted by molar-refractivity contribution is -0.384. The summed E-state index contributed by atoms with van der Waals surface area (Å²) in [7, 11) is 0. The van der Waals surface area contributed by atoms with Gasteiger partial charge in [0.15, 0.2) is 0 Å². The predicted molar refractivity (Wildman–Crippen MR) is 145 cm³/mol. The second-order valence-corrected chi connectivity index (χ2v) is 8.82. The fourth-order valence-corrected chi connectivity index (χ4v) is 4.18. The molecule has 1 saturated heterocycles. The lowest BCUT2D eigenvalue weighted by Crippen LogP contribution is -2.38. The van der Waals surface area contributed by atoms with E-state index in [9.17, 15) is 28.9 Å². The van der Waals surface area contributed by atoms with Crippen LogP contribution in [0.5, 0.6) is 5.75 Å². The molecule has 0 spiro atoms. The number of hydrogen-bond acceptors (Lipinski definition) is 6. The summed E-state index contributed by atoms with van der Waals surface area (Å²) >= 11 is 0. The molecule has 0 radical (unpaired) electrons. The van der Waals surface area contributed by atoms with Gasteiger partial charge in [0.2, 0.25) is 5.91 Å². The van der Waals surface area contributed by atoms with E-state index in [1.54, 1.807) is 24.3 Å². The van der Waals surface area contributed by atoms with Crippen LogP contribution in [0.3, 0.4) is 0 Å². The SMILES string of the molecule is O=C(CN1C(=O)N/C(=C/c2c(OCc3ccc([N+](=O)[O-])cc3)ccc3ccccc23)C1=O)Nc1ccccc1F. The molecule has 0 bridgehead atoms. The van der Waals surface area contributed by atoms with Gasteiger partial charge in [-0.2, -0.15) is 0 Å². The molecule has 1 aliphatic heterocycles. The van der Waals surface area contributed by atoms with Gasteiger partial charge in [0.1, 0.15) is 30.4 Å². The lowest BCUT2D eigenvalue weighted by Gasteiger charge is -2.13. The van der Waals surface area contributed by atoms with Crippen molar-refractivity contribution in [3.63, 3.8) is 0 Å². The number of benzene rings is 4. The first-order valence-electron chi connectivity index (χ1n) is 12.1. The number of nitrogens with zero attached hydrogens (tertiary/aromatic N) is 2. The highest BCUT2D eigenvalue weighted by Gasteiger charge is 2.35. The molecule has 2 N–H and O–H groups in total. The maximum atomic E-state index is 13.9. The number of urea groups is 1. The highest BCUT2D eigenvalue weighted by Crippen LogP contribution is 2.32. The molecule has 1 aliphatic rings. The fraction of sp³-hybridized carbons (Fsp3) is 0.0690. The highest BCUT2D eigenvalue weighted by molar-refractivity contribution is 6.16. The molecule has 40 heavy (non-hydrogen) atoms. The topological polar surface area (TPSA) is 131 Å². The molecular weight excluding hydrogens is 519 g/mol. The van der Waals surface area contributed by atoms with Gasteiger partial charge in [0.05, 0.1) is 10.6 Å². The first-order chi connectivity index (χ1) is 19.3. The summed E-state index contributed by atoms with van der Waals surface area (Å²) in [5.74, 6) is -1.72. The van der Waals surface area contributed by atoms with E-state index >= 15 is 0 Å². The van der Waals surface area contributed by atoms with Crippen molar-refractivity contribution in [2.75, 3.05) is 11.9 Å². The molecule has 5 rings (SSSR count). The van der Waals surface area contributed by atoms with Gasteiger partial charge < -0.3 is 15.4 Å². The van der Waals surface area contributed by atoms with Gasteiger partial charge >= 0.3 is 6.03 Å². The third kappa shape index (κ3) is 5.48. The number of non-ortho nitro benzene ring substituents is 1. The van der Waals surface area contributed by atoms with Crippen LogP contribution in [0.2, 0.25) is 0 Å². The summed E-state index contributed by atoms with van der Waals surface area (Å²) in [5, 5.41) is 17.4. The number of nitro benzene ring substituents is 1. The zero-order chi connectivity index (χ0) is 28.2. The van der Waals surface area contributed by atoms with Gasteiger partial charge in [-0.05, 0) is 52.7 Å². The van der Waals surface area contributed by atoms with Gasteiger partial charge in [-0.3, -0.25) is 19.7 Å². The second kappa shape index (κ2) is 11.0. The van der Waals surface area contributed by atoms with Crippen LogP contribution in [0.1, 0.15) is 11.1 Å². The monoisotopic (exact) mass is 540 g/mol. The van der Waals surface area contributed by atoms with Crippen LogP contribution < -0.4 is 15.4 Å². The van der Waals surface area contributed by atoms with E-state index in [4.69, 9.17) is 4.74 Å². The molecule has 10 nitrogen and oxygen atoms in total. The molecule has 4 aromatic rings. The van der Waals surface area contributed by atoms with Gasteiger partial charge in [0, 0.05) is 17.7 Å². The Morgan fingerprint density at radius 3 is 2.48 bits per heavy atom. The summed E-state index contributed by atoms with van der Waals surface area (Å²) in [6, 6.07) is 21.6. The molecule has 0 saturated carbocycles. The normalized spacial score (nSPS) is 13.9. The Morgan fingerprint density at radius 1 is 1.00 bits per heavy atom. The molecule has 0 unspecified atom stereocenters. The maximum absolute atomic E-state index is 13.9. The van der Waals surface area contributed by atoms with Crippen LogP contribution >= 0.6 is 0 Å². The molecular formula is C29H21FN4O6.